The standard InChI is InChI=1S/C22H24N2O4/c25-22(17-5-6-20-21(11-17)28-15-27-20)24-9-10-26-19(14-24)13-23-8-7-16-3-1-2-4-18(16)12-23/h1-6,11,19H,7-10,12-15H2. The van der Waals surface area contributed by atoms with E-state index in [0.29, 0.717) is 36.8 Å². The van der Waals surface area contributed by atoms with Crippen LogP contribution in [0.1, 0.15) is 21.5 Å². The van der Waals surface area contributed by atoms with Crippen LogP contribution < -0.4 is 9.47 Å². The number of carbonyl (C=O) groups excluding carboxylic acids is 1. The Bertz CT molecular complexity index is 885. The summed E-state index contributed by atoms with van der Waals surface area (Å²) in [5.74, 6) is 1.36. The first-order valence-electron chi connectivity index (χ1n) is 9.86. The highest BCUT2D eigenvalue weighted by molar-refractivity contribution is 5.95. The lowest BCUT2D eigenvalue weighted by molar-refractivity contribution is -0.0374. The van der Waals surface area contributed by atoms with Crippen LogP contribution in [0.5, 0.6) is 11.5 Å². The normalized spacial score (nSPS) is 21.4. The lowest BCUT2D eigenvalue weighted by Gasteiger charge is -2.37. The van der Waals surface area contributed by atoms with Crippen molar-refractivity contribution in [3.05, 3.63) is 59.2 Å². The Labute approximate surface area is 164 Å². The zero-order valence-corrected chi connectivity index (χ0v) is 15.8. The Balaban J connectivity index is 1.22. The van der Waals surface area contributed by atoms with Crippen LogP contribution in [-0.2, 0) is 17.7 Å². The van der Waals surface area contributed by atoms with Crippen LogP contribution in [0.2, 0.25) is 0 Å². The van der Waals surface area contributed by atoms with Crippen LogP contribution in [-0.4, -0.2) is 61.4 Å². The molecule has 146 valence electrons. The molecule has 3 aliphatic rings. The van der Waals surface area contributed by atoms with Crippen LogP contribution in [0.3, 0.4) is 0 Å². The second-order valence-electron chi connectivity index (χ2n) is 7.57. The van der Waals surface area contributed by atoms with E-state index in [1.54, 1.807) is 12.1 Å². The van der Waals surface area contributed by atoms with Gasteiger partial charge in [0.05, 0.1) is 12.7 Å². The molecule has 3 aliphatic heterocycles. The largest absolute Gasteiger partial charge is 0.454 e. The summed E-state index contributed by atoms with van der Waals surface area (Å²) in [7, 11) is 0. The fraction of sp³-hybridized carbons (Fsp3) is 0.409. The van der Waals surface area contributed by atoms with Gasteiger partial charge in [-0.05, 0) is 35.7 Å². The van der Waals surface area contributed by atoms with E-state index in [-0.39, 0.29) is 18.8 Å². The van der Waals surface area contributed by atoms with E-state index >= 15 is 0 Å². The number of ether oxygens (including phenoxy) is 3. The molecule has 2 aromatic carbocycles. The number of morpholine rings is 1. The molecular weight excluding hydrogens is 356 g/mol. The number of rotatable bonds is 3. The SMILES string of the molecule is O=C(c1ccc2c(c1)OCO2)N1CCOC(CN2CCc3ccccc3C2)C1. The zero-order chi connectivity index (χ0) is 18.9. The number of amides is 1. The number of hydrogen-bond donors (Lipinski definition) is 0. The summed E-state index contributed by atoms with van der Waals surface area (Å²) in [5.41, 5.74) is 3.48. The maximum atomic E-state index is 13.0. The summed E-state index contributed by atoms with van der Waals surface area (Å²) in [5, 5.41) is 0. The van der Waals surface area contributed by atoms with Crippen molar-refractivity contribution in [3.63, 3.8) is 0 Å². The molecule has 6 heteroatoms. The van der Waals surface area contributed by atoms with Crippen LogP contribution in [0.4, 0.5) is 0 Å². The van der Waals surface area contributed by atoms with Gasteiger partial charge >= 0.3 is 0 Å². The lowest BCUT2D eigenvalue weighted by atomic mass is 9.99. The molecule has 28 heavy (non-hydrogen) atoms. The van der Waals surface area contributed by atoms with Gasteiger partial charge < -0.3 is 19.1 Å². The molecule has 1 unspecified atom stereocenters. The third-order valence-electron chi connectivity index (χ3n) is 5.72. The molecule has 1 fully saturated rings. The molecule has 0 aliphatic carbocycles. The third kappa shape index (κ3) is 3.45. The minimum absolute atomic E-state index is 0.0237. The molecule has 0 radical (unpaired) electrons. The average molecular weight is 380 g/mol. The van der Waals surface area contributed by atoms with Gasteiger partial charge in [0.15, 0.2) is 11.5 Å². The van der Waals surface area contributed by atoms with E-state index in [2.05, 4.69) is 29.2 Å². The average Bonchev–Trinajstić information content (AvgIpc) is 3.21. The van der Waals surface area contributed by atoms with E-state index < -0.39 is 0 Å². The number of benzene rings is 2. The second-order valence-corrected chi connectivity index (χ2v) is 7.57. The molecule has 0 spiro atoms. The maximum Gasteiger partial charge on any atom is 0.254 e. The van der Waals surface area contributed by atoms with Crippen LogP contribution >= 0.6 is 0 Å². The van der Waals surface area contributed by atoms with Gasteiger partial charge in [-0.2, -0.15) is 0 Å². The smallest absolute Gasteiger partial charge is 0.254 e. The van der Waals surface area contributed by atoms with Gasteiger partial charge in [-0.1, -0.05) is 24.3 Å². The zero-order valence-electron chi connectivity index (χ0n) is 15.8. The van der Waals surface area contributed by atoms with Crippen molar-refractivity contribution >= 4 is 5.91 Å². The fourth-order valence-electron chi connectivity index (χ4n) is 4.22. The second kappa shape index (κ2) is 7.45. The Morgan fingerprint density at radius 1 is 1.04 bits per heavy atom. The van der Waals surface area contributed by atoms with E-state index in [0.717, 1.165) is 26.1 Å². The van der Waals surface area contributed by atoms with Crippen molar-refractivity contribution in [2.45, 2.75) is 19.1 Å². The van der Waals surface area contributed by atoms with Gasteiger partial charge in [-0.25, -0.2) is 0 Å². The van der Waals surface area contributed by atoms with Gasteiger partial charge in [-0.3, -0.25) is 9.69 Å². The molecule has 0 bridgehead atoms. The molecule has 3 heterocycles. The molecule has 0 N–H and O–H groups in total. The van der Waals surface area contributed by atoms with Crippen molar-refractivity contribution < 1.29 is 19.0 Å². The molecule has 1 amide bonds. The number of hydrogen-bond acceptors (Lipinski definition) is 5. The lowest BCUT2D eigenvalue weighted by Crippen LogP contribution is -2.50. The van der Waals surface area contributed by atoms with Gasteiger partial charge in [0, 0.05) is 38.3 Å². The van der Waals surface area contributed by atoms with Crippen LogP contribution in [0, 0.1) is 0 Å². The van der Waals surface area contributed by atoms with E-state index in [9.17, 15) is 4.79 Å². The van der Waals surface area contributed by atoms with E-state index in [4.69, 9.17) is 14.2 Å². The van der Waals surface area contributed by atoms with Gasteiger partial charge in [-0.15, -0.1) is 0 Å². The molecule has 2 aromatic rings. The van der Waals surface area contributed by atoms with Crippen LogP contribution in [0.15, 0.2) is 42.5 Å². The summed E-state index contributed by atoms with van der Waals surface area (Å²) < 4.78 is 16.7. The highest BCUT2D eigenvalue weighted by Gasteiger charge is 2.28. The van der Waals surface area contributed by atoms with Crippen molar-refractivity contribution in [3.8, 4) is 11.5 Å². The minimum atomic E-state index is 0.0237. The number of fused-ring (bicyclic) bond motifs is 2. The Morgan fingerprint density at radius 2 is 1.89 bits per heavy atom. The van der Waals surface area contributed by atoms with Crippen molar-refractivity contribution in [1.29, 1.82) is 0 Å². The van der Waals surface area contributed by atoms with Gasteiger partial charge in [0.1, 0.15) is 0 Å². The maximum absolute atomic E-state index is 13.0. The fourth-order valence-corrected chi connectivity index (χ4v) is 4.22. The predicted molar refractivity (Wildman–Crippen MR) is 104 cm³/mol. The van der Waals surface area contributed by atoms with Crippen molar-refractivity contribution in [1.82, 2.24) is 9.80 Å². The summed E-state index contributed by atoms with van der Waals surface area (Å²) >= 11 is 0. The summed E-state index contributed by atoms with van der Waals surface area (Å²) in [6.45, 7) is 4.85. The van der Waals surface area contributed by atoms with Gasteiger partial charge in [0.2, 0.25) is 6.79 Å². The third-order valence-corrected chi connectivity index (χ3v) is 5.72. The molecule has 0 saturated carbocycles. The number of carbonyl (C=O) groups is 1. The molecule has 5 rings (SSSR count). The Hall–Kier alpha value is -2.57. The molecule has 1 atom stereocenters. The first-order chi connectivity index (χ1) is 13.8. The molecular formula is C22H24N2O4. The molecule has 6 nitrogen and oxygen atoms in total. The summed E-state index contributed by atoms with van der Waals surface area (Å²) in [6, 6.07) is 14.0. The Kier molecular flexibility index (Phi) is 4.66. The quantitative estimate of drug-likeness (QED) is 0.818. The topological polar surface area (TPSA) is 51.2 Å². The monoisotopic (exact) mass is 380 g/mol. The highest BCUT2D eigenvalue weighted by Crippen LogP contribution is 2.33. The summed E-state index contributed by atoms with van der Waals surface area (Å²) in [6.07, 6.45) is 1.11. The van der Waals surface area contributed by atoms with Crippen molar-refractivity contribution in [2.75, 3.05) is 39.6 Å². The summed E-state index contributed by atoms with van der Waals surface area (Å²) in [4.78, 5) is 17.3. The predicted octanol–water partition coefficient (Wildman–Crippen LogP) is 2.31. The first-order valence-corrected chi connectivity index (χ1v) is 9.86. The van der Waals surface area contributed by atoms with E-state index in [1.807, 2.05) is 11.0 Å². The van der Waals surface area contributed by atoms with Crippen molar-refractivity contribution in [2.24, 2.45) is 0 Å². The highest BCUT2D eigenvalue weighted by atomic mass is 16.7. The first kappa shape index (κ1) is 17.5. The van der Waals surface area contributed by atoms with E-state index in [1.165, 1.54) is 11.1 Å². The minimum Gasteiger partial charge on any atom is -0.454 e. The number of nitrogens with zero attached hydrogens (tertiary/aromatic N) is 2. The molecule has 0 aromatic heterocycles. The Morgan fingerprint density at radius 3 is 2.82 bits per heavy atom. The van der Waals surface area contributed by atoms with Gasteiger partial charge in [0.25, 0.3) is 5.91 Å². The van der Waals surface area contributed by atoms with Crippen LogP contribution in [0.25, 0.3) is 0 Å². The molecule has 1 saturated heterocycles.